The number of nitro benzene ring substituents is 1. The Bertz CT molecular complexity index is 1140. The molecule has 0 bridgehead atoms. The van der Waals surface area contributed by atoms with Crippen molar-refractivity contribution in [3.63, 3.8) is 0 Å². The first-order valence-corrected chi connectivity index (χ1v) is 10.7. The van der Waals surface area contributed by atoms with Gasteiger partial charge in [0.25, 0.3) is 22.7 Å². The first-order chi connectivity index (χ1) is 15.3. The number of rotatable bonds is 6. The van der Waals surface area contributed by atoms with Gasteiger partial charge in [-0.3, -0.25) is 29.4 Å². The van der Waals surface area contributed by atoms with Crippen molar-refractivity contribution < 1.29 is 24.0 Å². The summed E-state index contributed by atoms with van der Waals surface area (Å²) in [7, 11) is 0. The summed E-state index contributed by atoms with van der Waals surface area (Å²) in [6.07, 6.45) is 1.21. The van der Waals surface area contributed by atoms with Crippen molar-refractivity contribution in [3.8, 4) is 5.75 Å². The minimum absolute atomic E-state index is 0.00577. The van der Waals surface area contributed by atoms with E-state index < -0.39 is 22.2 Å². The molecular formula is C21H16ClN3O6S. The number of halogens is 1. The SMILES string of the molecule is O=C(NCCN1C(=O)S/C(=C\c2ccc(Cl)c([N+](=O)[O-])c2)C1=O)C1Cc2ccccc2O1. The number of imide groups is 1. The molecule has 9 nitrogen and oxygen atoms in total. The molecule has 1 saturated heterocycles. The fraction of sp³-hybridized carbons (Fsp3) is 0.190. The van der Waals surface area contributed by atoms with Crippen LogP contribution in [-0.2, 0) is 16.0 Å². The van der Waals surface area contributed by atoms with Gasteiger partial charge in [0.15, 0.2) is 6.10 Å². The third-order valence-electron chi connectivity index (χ3n) is 4.91. The van der Waals surface area contributed by atoms with E-state index in [0.717, 1.165) is 22.2 Å². The Morgan fingerprint density at radius 2 is 2.09 bits per heavy atom. The molecule has 32 heavy (non-hydrogen) atoms. The molecule has 2 aromatic carbocycles. The van der Waals surface area contributed by atoms with E-state index in [-0.39, 0.29) is 34.6 Å². The smallest absolute Gasteiger partial charge is 0.293 e. The second kappa shape index (κ2) is 9.01. The zero-order valence-electron chi connectivity index (χ0n) is 16.4. The normalized spacial score (nSPS) is 18.6. The third-order valence-corrected chi connectivity index (χ3v) is 6.14. The fourth-order valence-electron chi connectivity index (χ4n) is 3.34. The molecule has 1 fully saturated rings. The summed E-state index contributed by atoms with van der Waals surface area (Å²) in [5.41, 5.74) is 1.03. The van der Waals surface area contributed by atoms with Crippen molar-refractivity contribution >= 4 is 52.2 Å². The number of ether oxygens (including phenoxy) is 1. The van der Waals surface area contributed by atoms with Crippen molar-refractivity contribution in [2.45, 2.75) is 12.5 Å². The summed E-state index contributed by atoms with van der Waals surface area (Å²) in [6.45, 7) is 0.0704. The first kappa shape index (κ1) is 21.8. The zero-order valence-corrected chi connectivity index (χ0v) is 18.0. The quantitative estimate of drug-likeness (QED) is 0.388. The molecule has 0 radical (unpaired) electrons. The molecule has 2 aliphatic rings. The van der Waals surface area contributed by atoms with Crippen molar-refractivity contribution in [1.82, 2.24) is 10.2 Å². The van der Waals surface area contributed by atoms with Crippen molar-refractivity contribution in [3.05, 3.63) is 73.6 Å². The first-order valence-electron chi connectivity index (χ1n) is 9.55. The summed E-state index contributed by atoms with van der Waals surface area (Å²) in [4.78, 5) is 48.8. The molecule has 1 atom stereocenters. The number of nitrogens with zero attached hydrogens (tertiary/aromatic N) is 2. The van der Waals surface area contributed by atoms with Crippen LogP contribution in [-0.4, -0.2) is 46.1 Å². The summed E-state index contributed by atoms with van der Waals surface area (Å²) >= 11 is 6.53. The summed E-state index contributed by atoms with van der Waals surface area (Å²) in [5.74, 6) is -0.181. The van der Waals surface area contributed by atoms with Gasteiger partial charge in [0.2, 0.25) is 0 Å². The van der Waals surface area contributed by atoms with Crippen LogP contribution in [0.15, 0.2) is 47.4 Å². The van der Waals surface area contributed by atoms with E-state index in [2.05, 4.69) is 5.32 Å². The molecule has 0 aliphatic carbocycles. The van der Waals surface area contributed by atoms with Gasteiger partial charge in [-0.25, -0.2) is 0 Å². The lowest BCUT2D eigenvalue weighted by molar-refractivity contribution is -0.384. The number of nitro groups is 1. The van der Waals surface area contributed by atoms with Gasteiger partial charge in [0, 0.05) is 25.6 Å². The summed E-state index contributed by atoms with van der Waals surface area (Å²) < 4.78 is 5.62. The Morgan fingerprint density at radius 3 is 2.84 bits per heavy atom. The van der Waals surface area contributed by atoms with Crippen molar-refractivity contribution in [2.75, 3.05) is 13.1 Å². The standard InChI is InChI=1S/C21H16ClN3O6S/c22-14-6-5-12(9-15(14)25(29)30)10-18-20(27)24(21(28)32-18)8-7-23-19(26)17-11-13-3-1-2-4-16(13)31-17/h1-6,9-10,17H,7-8,11H2,(H,23,26)/b18-10-. The molecule has 11 heteroatoms. The van der Waals surface area contributed by atoms with Gasteiger partial charge in [-0.1, -0.05) is 35.9 Å². The van der Waals surface area contributed by atoms with E-state index >= 15 is 0 Å². The van der Waals surface area contributed by atoms with E-state index in [9.17, 15) is 24.5 Å². The lowest BCUT2D eigenvalue weighted by atomic mass is 10.1. The third kappa shape index (κ3) is 4.46. The number of amides is 3. The second-order valence-corrected chi connectivity index (χ2v) is 8.41. The highest BCUT2D eigenvalue weighted by Gasteiger charge is 2.35. The van der Waals surface area contributed by atoms with Gasteiger partial charge >= 0.3 is 0 Å². The van der Waals surface area contributed by atoms with Gasteiger partial charge in [-0.2, -0.15) is 0 Å². The molecule has 0 saturated carbocycles. The minimum Gasteiger partial charge on any atom is -0.480 e. The van der Waals surface area contributed by atoms with Crippen LogP contribution in [0.25, 0.3) is 6.08 Å². The summed E-state index contributed by atoms with van der Waals surface area (Å²) in [5, 5.41) is 13.2. The van der Waals surface area contributed by atoms with E-state index in [1.165, 1.54) is 24.3 Å². The number of carbonyl (C=O) groups excluding carboxylic acids is 3. The van der Waals surface area contributed by atoms with Crippen LogP contribution >= 0.6 is 23.4 Å². The molecule has 0 aromatic heterocycles. The van der Waals surface area contributed by atoms with E-state index in [1.54, 1.807) is 6.07 Å². The van der Waals surface area contributed by atoms with Gasteiger partial charge in [-0.05, 0) is 41.1 Å². The Kier molecular flexibility index (Phi) is 6.15. The molecule has 2 aliphatic heterocycles. The number of nitrogens with one attached hydrogen (secondary N) is 1. The molecule has 2 heterocycles. The molecule has 0 spiro atoms. The maximum atomic E-state index is 12.6. The van der Waals surface area contributed by atoms with Crippen LogP contribution in [0.2, 0.25) is 5.02 Å². The number of benzene rings is 2. The molecule has 3 amide bonds. The number of fused-ring (bicyclic) bond motifs is 1. The number of hydrogen-bond acceptors (Lipinski definition) is 7. The topological polar surface area (TPSA) is 119 Å². The predicted octanol–water partition coefficient (Wildman–Crippen LogP) is 3.40. The lowest BCUT2D eigenvalue weighted by Gasteiger charge is -2.15. The molecule has 2 aromatic rings. The van der Waals surface area contributed by atoms with Gasteiger partial charge in [0.05, 0.1) is 9.83 Å². The molecule has 1 N–H and O–H groups in total. The predicted molar refractivity (Wildman–Crippen MR) is 118 cm³/mol. The van der Waals surface area contributed by atoms with Crippen LogP contribution in [0.1, 0.15) is 11.1 Å². The Labute approximate surface area is 191 Å². The van der Waals surface area contributed by atoms with Crippen LogP contribution in [0.4, 0.5) is 10.5 Å². The van der Waals surface area contributed by atoms with Crippen LogP contribution in [0.3, 0.4) is 0 Å². The maximum absolute atomic E-state index is 12.6. The van der Waals surface area contributed by atoms with E-state index in [1.807, 2.05) is 18.2 Å². The maximum Gasteiger partial charge on any atom is 0.293 e. The average molecular weight is 474 g/mol. The Balaban J connectivity index is 1.35. The van der Waals surface area contributed by atoms with Crippen LogP contribution in [0.5, 0.6) is 5.75 Å². The molecule has 164 valence electrons. The summed E-state index contributed by atoms with van der Waals surface area (Å²) in [6, 6.07) is 11.5. The van der Waals surface area contributed by atoms with Crippen LogP contribution in [0, 0.1) is 10.1 Å². The van der Waals surface area contributed by atoms with Gasteiger partial charge < -0.3 is 10.1 Å². The van der Waals surface area contributed by atoms with Crippen molar-refractivity contribution in [1.29, 1.82) is 0 Å². The number of hydrogen-bond donors (Lipinski definition) is 1. The molecule has 1 unspecified atom stereocenters. The highest BCUT2D eigenvalue weighted by molar-refractivity contribution is 8.18. The van der Waals surface area contributed by atoms with Gasteiger partial charge in [0.1, 0.15) is 10.8 Å². The highest BCUT2D eigenvalue weighted by atomic mass is 35.5. The van der Waals surface area contributed by atoms with Crippen LogP contribution < -0.4 is 10.1 Å². The number of carbonyl (C=O) groups is 3. The van der Waals surface area contributed by atoms with Gasteiger partial charge in [-0.15, -0.1) is 0 Å². The monoisotopic (exact) mass is 473 g/mol. The number of para-hydroxylation sites is 1. The highest BCUT2D eigenvalue weighted by Crippen LogP contribution is 2.33. The Morgan fingerprint density at radius 1 is 1.31 bits per heavy atom. The zero-order chi connectivity index (χ0) is 22.8. The molecule has 4 rings (SSSR count). The van der Waals surface area contributed by atoms with E-state index in [4.69, 9.17) is 16.3 Å². The minimum atomic E-state index is -0.650. The number of thioether (sulfide) groups is 1. The second-order valence-electron chi connectivity index (χ2n) is 7.01. The molecular weight excluding hydrogens is 458 g/mol. The van der Waals surface area contributed by atoms with E-state index in [0.29, 0.717) is 17.7 Å². The van der Waals surface area contributed by atoms with Crippen molar-refractivity contribution in [2.24, 2.45) is 0 Å². The fourth-order valence-corrected chi connectivity index (χ4v) is 4.39. The average Bonchev–Trinajstić information content (AvgIpc) is 3.31. The lowest BCUT2D eigenvalue weighted by Crippen LogP contribution is -2.42. The largest absolute Gasteiger partial charge is 0.480 e. The Hall–Kier alpha value is -3.37.